The molecule has 0 aliphatic rings. The second-order valence-electron chi connectivity index (χ2n) is 3.44. The molecule has 82 valence electrons. The van der Waals surface area contributed by atoms with E-state index in [4.69, 9.17) is 10.5 Å². The molecule has 3 heteroatoms. The second kappa shape index (κ2) is 4.23. The van der Waals surface area contributed by atoms with Crippen LogP contribution in [-0.2, 0) is 0 Å². The van der Waals surface area contributed by atoms with Gasteiger partial charge in [-0.2, -0.15) is 0 Å². The van der Waals surface area contributed by atoms with Crippen molar-refractivity contribution in [1.82, 2.24) is 0 Å². The number of methoxy groups -OCH3 is 1. The number of nitrogens with two attached hydrogens (primary N) is 1. The van der Waals surface area contributed by atoms with Gasteiger partial charge in [-0.1, -0.05) is 24.3 Å². The molecule has 0 amide bonds. The minimum absolute atomic E-state index is 0.257. The van der Waals surface area contributed by atoms with E-state index in [1.807, 2.05) is 0 Å². The summed E-state index contributed by atoms with van der Waals surface area (Å²) < 4.78 is 18.6. The van der Waals surface area contributed by atoms with E-state index in [2.05, 4.69) is 0 Å². The smallest absolute Gasteiger partial charge is 0.141 e. The fourth-order valence-electron chi connectivity index (χ4n) is 1.60. The molecule has 0 aromatic heterocycles. The highest BCUT2D eigenvalue weighted by Crippen LogP contribution is 2.29. The first kappa shape index (κ1) is 10.5. The third-order valence-corrected chi connectivity index (χ3v) is 2.41. The van der Waals surface area contributed by atoms with E-state index in [1.165, 1.54) is 6.07 Å². The van der Waals surface area contributed by atoms with Crippen molar-refractivity contribution in [3.63, 3.8) is 0 Å². The number of anilines is 1. The van der Waals surface area contributed by atoms with Gasteiger partial charge in [0.05, 0.1) is 12.8 Å². The van der Waals surface area contributed by atoms with E-state index in [0.717, 1.165) is 5.56 Å². The Morgan fingerprint density at radius 1 is 1.12 bits per heavy atom. The maximum atomic E-state index is 13.5. The predicted molar refractivity (Wildman–Crippen MR) is 62.8 cm³/mol. The van der Waals surface area contributed by atoms with Crippen LogP contribution in [0.3, 0.4) is 0 Å². The number of hydrogen-bond acceptors (Lipinski definition) is 2. The topological polar surface area (TPSA) is 35.2 Å². The van der Waals surface area contributed by atoms with Crippen molar-refractivity contribution in [3.05, 3.63) is 48.3 Å². The highest BCUT2D eigenvalue weighted by atomic mass is 19.1. The van der Waals surface area contributed by atoms with Crippen LogP contribution in [0.2, 0.25) is 0 Å². The molecule has 0 aliphatic heterocycles. The van der Waals surface area contributed by atoms with E-state index >= 15 is 0 Å². The quantitative estimate of drug-likeness (QED) is 0.784. The summed E-state index contributed by atoms with van der Waals surface area (Å²) in [5, 5.41) is 0. The first-order chi connectivity index (χ1) is 7.72. The Hall–Kier alpha value is -2.03. The second-order valence-corrected chi connectivity index (χ2v) is 3.44. The Bertz CT molecular complexity index is 511. The van der Waals surface area contributed by atoms with E-state index in [-0.39, 0.29) is 5.82 Å². The molecule has 2 nitrogen and oxygen atoms in total. The van der Waals surface area contributed by atoms with Gasteiger partial charge in [-0.25, -0.2) is 4.39 Å². The molecule has 2 aromatic carbocycles. The third kappa shape index (κ3) is 1.84. The Labute approximate surface area is 93.5 Å². The summed E-state index contributed by atoms with van der Waals surface area (Å²) in [4.78, 5) is 0. The zero-order valence-electron chi connectivity index (χ0n) is 8.91. The summed E-state index contributed by atoms with van der Waals surface area (Å²) in [6.45, 7) is 0. The summed E-state index contributed by atoms with van der Waals surface area (Å²) in [5.41, 5.74) is 7.56. The van der Waals surface area contributed by atoms with Crippen LogP contribution in [0.4, 0.5) is 10.1 Å². The number of ether oxygens (including phenoxy) is 1. The molecule has 0 saturated carbocycles. The van der Waals surface area contributed by atoms with Crippen LogP contribution >= 0.6 is 0 Å². The molecule has 0 atom stereocenters. The van der Waals surface area contributed by atoms with Crippen molar-refractivity contribution >= 4 is 5.69 Å². The zero-order chi connectivity index (χ0) is 11.5. The van der Waals surface area contributed by atoms with Gasteiger partial charge in [0, 0.05) is 5.56 Å². The number of nitrogen functional groups attached to an aromatic ring is 1. The van der Waals surface area contributed by atoms with Gasteiger partial charge in [0.25, 0.3) is 0 Å². The SMILES string of the molecule is COc1ccc(-c2ccccc2F)cc1N. The molecular weight excluding hydrogens is 205 g/mol. The van der Waals surface area contributed by atoms with Gasteiger partial charge in [0.1, 0.15) is 11.6 Å². The fraction of sp³-hybridized carbons (Fsp3) is 0.0769. The van der Waals surface area contributed by atoms with Crippen molar-refractivity contribution < 1.29 is 9.13 Å². The molecule has 2 aromatic rings. The van der Waals surface area contributed by atoms with Gasteiger partial charge in [0.15, 0.2) is 0 Å². The van der Waals surface area contributed by atoms with Crippen LogP contribution in [0.1, 0.15) is 0 Å². The lowest BCUT2D eigenvalue weighted by molar-refractivity contribution is 0.417. The molecule has 0 heterocycles. The van der Waals surface area contributed by atoms with Crippen LogP contribution in [0.5, 0.6) is 5.75 Å². The number of rotatable bonds is 2. The van der Waals surface area contributed by atoms with Crippen molar-refractivity contribution in [2.24, 2.45) is 0 Å². The molecule has 0 spiro atoms. The minimum Gasteiger partial charge on any atom is -0.495 e. The van der Waals surface area contributed by atoms with Crippen LogP contribution in [0, 0.1) is 5.82 Å². The predicted octanol–water partition coefficient (Wildman–Crippen LogP) is 3.08. The fourth-order valence-corrected chi connectivity index (χ4v) is 1.60. The minimum atomic E-state index is -0.257. The van der Waals surface area contributed by atoms with Crippen molar-refractivity contribution in [1.29, 1.82) is 0 Å². The Morgan fingerprint density at radius 3 is 2.50 bits per heavy atom. The van der Waals surface area contributed by atoms with Gasteiger partial charge < -0.3 is 10.5 Å². The van der Waals surface area contributed by atoms with E-state index < -0.39 is 0 Å². The highest BCUT2D eigenvalue weighted by molar-refractivity contribution is 5.71. The van der Waals surface area contributed by atoms with Crippen LogP contribution in [0.15, 0.2) is 42.5 Å². The maximum absolute atomic E-state index is 13.5. The van der Waals surface area contributed by atoms with Gasteiger partial charge >= 0.3 is 0 Å². The third-order valence-electron chi connectivity index (χ3n) is 2.41. The molecule has 2 rings (SSSR count). The molecule has 0 fully saturated rings. The van der Waals surface area contributed by atoms with Gasteiger partial charge in [0.2, 0.25) is 0 Å². The average molecular weight is 217 g/mol. The van der Waals surface area contributed by atoms with Gasteiger partial charge in [-0.05, 0) is 23.8 Å². The van der Waals surface area contributed by atoms with E-state index in [0.29, 0.717) is 17.0 Å². The molecular formula is C13H12FNO. The molecule has 0 radical (unpaired) electrons. The van der Waals surface area contributed by atoms with Crippen molar-refractivity contribution in [2.45, 2.75) is 0 Å². The molecule has 0 aliphatic carbocycles. The zero-order valence-corrected chi connectivity index (χ0v) is 8.91. The summed E-state index contributed by atoms with van der Waals surface area (Å²) >= 11 is 0. The lowest BCUT2D eigenvalue weighted by Gasteiger charge is -2.07. The normalized spacial score (nSPS) is 10.1. The van der Waals surface area contributed by atoms with Gasteiger partial charge in [-0.3, -0.25) is 0 Å². The summed E-state index contributed by atoms with van der Waals surface area (Å²) in [5.74, 6) is 0.340. The van der Waals surface area contributed by atoms with Crippen LogP contribution in [0.25, 0.3) is 11.1 Å². The van der Waals surface area contributed by atoms with E-state index in [1.54, 1.807) is 43.5 Å². The van der Waals surface area contributed by atoms with Crippen LogP contribution < -0.4 is 10.5 Å². The molecule has 0 unspecified atom stereocenters. The first-order valence-corrected chi connectivity index (χ1v) is 4.91. The van der Waals surface area contributed by atoms with E-state index in [9.17, 15) is 4.39 Å². The largest absolute Gasteiger partial charge is 0.495 e. The molecule has 0 saturated heterocycles. The standard InChI is InChI=1S/C13H12FNO/c1-16-13-7-6-9(8-12(13)15)10-4-2-3-5-11(10)14/h2-8H,15H2,1H3. The summed E-state index contributed by atoms with van der Waals surface area (Å²) in [7, 11) is 1.55. The molecule has 0 bridgehead atoms. The molecule has 16 heavy (non-hydrogen) atoms. The Morgan fingerprint density at radius 2 is 1.88 bits per heavy atom. The number of hydrogen-bond donors (Lipinski definition) is 1. The van der Waals surface area contributed by atoms with Crippen LogP contribution in [-0.4, -0.2) is 7.11 Å². The summed E-state index contributed by atoms with van der Waals surface area (Å²) in [6, 6.07) is 11.8. The average Bonchev–Trinajstić information content (AvgIpc) is 2.29. The molecule has 2 N–H and O–H groups in total. The lowest BCUT2D eigenvalue weighted by Crippen LogP contribution is -1.93. The van der Waals surface area contributed by atoms with Crippen molar-refractivity contribution in [2.75, 3.05) is 12.8 Å². The first-order valence-electron chi connectivity index (χ1n) is 4.91. The van der Waals surface area contributed by atoms with Gasteiger partial charge in [-0.15, -0.1) is 0 Å². The van der Waals surface area contributed by atoms with Crippen molar-refractivity contribution in [3.8, 4) is 16.9 Å². The lowest BCUT2D eigenvalue weighted by atomic mass is 10.0. The number of halogens is 1. The number of benzene rings is 2. The monoisotopic (exact) mass is 217 g/mol. The Kier molecular flexibility index (Phi) is 2.77. The maximum Gasteiger partial charge on any atom is 0.141 e. The highest BCUT2D eigenvalue weighted by Gasteiger charge is 2.06. The summed E-state index contributed by atoms with van der Waals surface area (Å²) in [6.07, 6.45) is 0. The Balaban J connectivity index is 2.50.